The van der Waals surface area contributed by atoms with Gasteiger partial charge in [-0.05, 0) is 11.6 Å². The molecule has 0 aliphatic carbocycles. The van der Waals surface area contributed by atoms with Gasteiger partial charge < -0.3 is 14.8 Å². The highest BCUT2D eigenvalue weighted by Gasteiger charge is 2.19. The maximum atomic E-state index is 4.19. The highest BCUT2D eigenvalue weighted by molar-refractivity contribution is 5.54. The summed E-state index contributed by atoms with van der Waals surface area (Å²) in [4.78, 5) is 2.39. The Balaban J connectivity index is 1.80. The van der Waals surface area contributed by atoms with Crippen LogP contribution in [0.1, 0.15) is 25.2 Å². The molecule has 1 aliphatic rings. The number of para-hydroxylation sites is 1. The van der Waals surface area contributed by atoms with E-state index in [0.29, 0.717) is 6.04 Å². The van der Waals surface area contributed by atoms with Crippen molar-refractivity contribution in [2.75, 3.05) is 11.4 Å². The molecule has 0 atom stereocenters. The second-order valence-corrected chi connectivity index (χ2v) is 5.53. The van der Waals surface area contributed by atoms with Gasteiger partial charge in [-0.15, -0.1) is 10.2 Å². The van der Waals surface area contributed by atoms with Crippen LogP contribution in [0.4, 0.5) is 5.69 Å². The van der Waals surface area contributed by atoms with Gasteiger partial charge in [-0.2, -0.15) is 0 Å². The van der Waals surface area contributed by atoms with Crippen molar-refractivity contribution >= 4 is 5.69 Å². The van der Waals surface area contributed by atoms with E-state index in [0.717, 1.165) is 32.0 Å². The number of aromatic nitrogens is 3. The van der Waals surface area contributed by atoms with E-state index < -0.39 is 0 Å². The second-order valence-electron chi connectivity index (χ2n) is 5.53. The number of nitrogens with one attached hydrogen (secondary N) is 1. The minimum absolute atomic E-state index is 0.493. The molecule has 0 saturated carbocycles. The van der Waals surface area contributed by atoms with Crippen LogP contribution in [-0.2, 0) is 19.6 Å². The van der Waals surface area contributed by atoms with Crippen LogP contribution in [-0.4, -0.2) is 27.4 Å². The van der Waals surface area contributed by atoms with Gasteiger partial charge in [0, 0.05) is 31.4 Å². The molecular weight excluding hydrogens is 250 g/mol. The Labute approximate surface area is 119 Å². The average Bonchev–Trinajstić information content (AvgIpc) is 2.92. The highest BCUT2D eigenvalue weighted by Crippen LogP contribution is 2.24. The molecule has 0 bridgehead atoms. The van der Waals surface area contributed by atoms with E-state index in [1.165, 1.54) is 11.3 Å². The van der Waals surface area contributed by atoms with E-state index in [1.54, 1.807) is 0 Å². The van der Waals surface area contributed by atoms with Gasteiger partial charge in [0.1, 0.15) is 6.33 Å². The summed E-state index contributed by atoms with van der Waals surface area (Å²) in [6.45, 7) is 8.03. The number of anilines is 1. The first-order chi connectivity index (χ1) is 9.74. The topological polar surface area (TPSA) is 46.0 Å². The third kappa shape index (κ3) is 2.67. The minimum Gasteiger partial charge on any atom is -0.362 e. The number of fused-ring (bicyclic) bond motifs is 1. The lowest BCUT2D eigenvalue weighted by Gasteiger charge is -2.31. The summed E-state index contributed by atoms with van der Waals surface area (Å²) >= 11 is 0. The Morgan fingerprint density at radius 3 is 2.95 bits per heavy atom. The Bertz CT molecular complexity index is 575. The molecule has 1 aromatic carbocycles. The molecule has 0 fully saturated rings. The van der Waals surface area contributed by atoms with Crippen LogP contribution in [0.2, 0.25) is 0 Å². The maximum Gasteiger partial charge on any atom is 0.152 e. The first-order valence-corrected chi connectivity index (χ1v) is 7.17. The van der Waals surface area contributed by atoms with E-state index >= 15 is 0 Å². The zero-order chi connectivity index (χ0) is 13.9. The lowest BCUT2D eigenvalue weighted by Crippen LogP contribution is -2.34. The molecule has 5 heteroatoms. The van der Waals surface area contributed by atoms with Crippen LogP contribution in [0.25, 0.3) is 0 Å². The second kappa shape index (κ2) is 5.63. The molecule has 1 aromatic heterocycles. The van der Waals surface area contributed by atoms with Gasteiger partial charge in [-0.25, -0.2) is 0 Å². The molecule has 0 unspecified atom stereocenters. The number of hydrogen-bond acceptors (Lipinski definition) is 4. The molecule has 2 heterocycles. The predicted octanol–water partition coefficient (Wildman–Crippen LogP) is 1.80. The molecule has 5 nitrogen and oxygen atoms in total. The molecule has 0 spiro atoms. The summed E-state index contributed by atoms with van der Waals surface area (Å²) in [6, 6.07) is 9.10. The fraction of sp³-hybridized carbons (Fsp3) is 0.467. The third-order valence-electron chi connectivity index (χ3n) is 3.67. The van der Waals surface area contributed by atoms with Crippen LogP contribution in [0.5, 0.6) is 0 Å². The van der Waals surface area contributed by atoms with E-state index in [2.05, 4.69) is 63.1 Å². The van der Waals surface area contributed by atoms with E-state index in [1.807, 2.05) is 6.33 Å². The van der Waals surface area contributed by atoms with Crippen molar-refractivity contribution in [1.29, 1.82) is 0 Å². The highest BCUT2D eigenvalue weighted by atomic mass is 15.3. The first kappa shape index (κ1) is 13.1. The van der Waals surface area contributed by atoms with E-state index in [9.17, 15) is 0 Å². The molecule has 106 valence electrons. The van der Waals surface area contributed by atoms with Crippen LogP contribution in [0.3, 0.4) is 0 Å². The van der Waals surface area contributed by atoms with Crippen molar-refractivity contribution < 1.29 is 0 Å². The van der Waals surface area contributed by atoms with Crippen molar-refractivity contribution in [3.05, 3.63) is 42.0 Å². The van der Waals surface area contributed by atoms with E-state index in [-0.39, 0.29) is 0 Å². The molecule has 0 amide bonds. The average molecular weight is 271 g/mol. The molecular formula is C15H21N5. The summed E-state index contributed by atoms with van der Waals surface area (Å²) in [7, 11) is 0. The SMILES string of the molecule is CC(C)NCc1ccccc1N1CCn2cnnc2C1. The quantitative estimate of drug-likeness (QED) is 0.921. The van der Waals surface area contributed by atoms with Crippen LogP contribution in [0, 0.1) is 0 Å². The van der Waals surface area contributed by atoms with Crippen molar-refractivity contribution in [3.8, 4) is 0 Å². The summed E-state index contributed by atoms with van der Waals surface area (Å²) in [5.74, 6) is 1.04. The fourth-order valence-corrected chi connectivity index (χ4v) is 2.55. The van der Waals surface area contributed by atoms with Crippen LogP contribution < -0.4 is 10.2 Å². The number of nitrogens with zero attached hydrogens (tertiary/aromatic N) is 4. The van der Waals surface area contributed by atoms with Crippen LogP contribution >= 0.6 is 0 Å². The van der Waals surface area contributed by atoms with Crippen molar-refractivity contribution in [3.63, 3.8) is 0 Å². The largest absolute Gasteiger partial charge is 0.362 e. The Morgan fingerprint density at radius 2 is 2.10 bits per heavy atom. The zero-order valence-corrected chi connectivity index (χ0v) is 12.1. The summed E-state index contributed by atoms with van der Waals surface area (Å²) in [6.07, 6.45) is 1.82. The molecule has 0 saturated heterocycles. The fourth-order valence-electron chi connectivity index (χ4n) is 2.55. The molecule has 0 radical (unpaired) electrons. The number of hydrogen-bond donors (Lipinski definition) is 1. The van der Waals surface area contributed by atoms with Gasteiger partial charge in [0.2, 0.25) is 0 Å². The van der Waals surface area contributed by atoms with E-state index in [4.69, 9.17) is 0 Å². The Morgan fingerprint density at radius 1 is 1.25 bits per heavy atom. The monoisotopic (exact) mass is 271 g/mol. The molecule has 20 heavy (non-hydrogen) atoms. The predicted molar refractivity (Wildman–Crippen MR) is 79.5 cm³/mol. The molecule has 3 rings (SSSR count). The van der Waals surface area contributed by atoms with Gasteiger partial charge in [0.25, 0.3) is 0 Å². The van der Waals surface area contributed by atoms with Gasteiger partial charge in [-0.3, -0.25) is 0 Å². The number of rotatable bonds is 4. The summed E-state index contributed by atoms with van der Waals surface area (Å²) in [5.41, 5.74) is 2.64. The van der Waals surface area contributed by atoms with Crippen molar-refractivity contribution in [2.24, 2.45) is 0 Å². The standard InChI is InChI=1S/C15H21N5/c1-12(2)16-9-13-5-3-4-6-14(13)19-7-8-20-11-17-18-15(20)10-19/h3-6,11-12,16H,7-10H2,1-2H3. The first-order valence-electron chi connectivity index (χ1n) is 7.17. The Kier molecular flexibility index (Phi) is 3.69. The normalized spacial score (nSPS) is 14.7. The smallest absolute Gasteiger partial charge is 0.152 e. The van der Waals surface area contributed by atoms with Gasteiger partial charge in [-0.1, -0.05) is 32.0 Å². The van der Waals surface area contributed by atoms with Gasteiger partial charge in [0.15, 0.2) is 5.82 Å². The van der Waals surface area contributed by atoms with Crippen LogP contribution in [0.15, 0.2) is 30.6 Å². The zero-order valence-electron chi connectivity index (χ0n) is 12.1. The summed E-state index contributed by atoms with van der Waals surface area (Å²) in [5, 5.41) is 11.7. The lowest BCUT2D eigenvalue weighted by molar-refractivity contribution is 0.553. The molecule has 2 aromatic rings. The summed E-state index contributed by atoms with van der Waals surface area (Å²) < 4.78 is 2.13. The number of benzene rings is 1. The minimum atomic E-state index is 0.493. The third-order valence-corrected chi connectivity index (χ3v) is 3.67. The van der Waals surface area contributed by atoms with Crippen molar-refractivity contribution in [2.45, 2.75) is 39.5 Å². The van der Waals surface area contributed by atoms with Gasteiger partial charge in [0.05, 0.1) is 6.54 Å². The molecule has 1 aliphatic heterocycles. The lowest BCUT2D eigenvalue weighted by atomic mass is 10.1. The Hall–Kier alpha value is -1.88. The molecule has 1 N–H and O–H groups in total. The van der Waals surface area contributed by atoms with Crippen molar-refractivity contribution in [1.82, 2.24) is 20.1 Å². The maximum absolute atomic E-state index is 4.19. The van der Waals surface area contributed by atoms with Gasteiger partial charge >= 0.3 is 0 Å².